The number of anilines is 4. The Balaban J connectivity index is 1.74. The van der Waals surface area contributed by atoms with Gasteiger partial charge in [-0.25, -0.2) is 9.97 Å². The number of benzene rings is 2. The molecule has 3 N–H and O–H groups in total. The van der Waals surface area contributed by atoms with E-state index in [4.69, 9.17) is 0 Å². The summed E-state index contributed by atoms with van der Waals surface area (Å²) in [6.45, 7) is 5.17. The van der Waals surface area contributed by atoms with Crippen molar-refractivity contribution < 1.29 is 9.59 Å². The zero-order valence-electron chi connectivity index (χ0n) is 15.9. The first-order valence-corrected chi connectivity index (χ1v) is 8.77. The number of hydrogen-bond acceptors (Lipinski definition) is 5. The van der Waals surface area contributed by atoms with Crippen molar-refractivity contribution >= 4 is 34.7 Å². The van der Waals surface area contributed by atoms with Gasteiger partial charge in [-0.05, 0) is 50.2 Å². The highest BCUT2D eigenvalue weighted by molar-refractivity contribution is 6.03. The lowest BCUT2D eigenvalue weighted by Gasteiger charge is -2.10. The molecule has 142 valence electrons. The molecule has 0 radical (unpaired) electrons. The minimum absolute atomic E-state index is 0.128. The fraction of sp³-hybridized carbons (Fsp3) is 0.143. The van der Waals surface area contributed by atoms with Crippen LogP contribution in [-0.2, 0) is 4.79 Å². The Bertz CT molecular complexity index is 998. The summed E-state index contributed by atoms with van der Waals surface area (Å²) >= 11 is 0. The van der Waals surface area contributed by atoms with Crippen molar-refractivity contribution in [3.63, 3.8) is 0 Å². The van der Waals surface area contributed by atoms with Gasteiger partial charge in [0, 0.05) is 30.1 Å². The smallest absolute Gasteiger partial charge is 0.274 e. The van der Waals surface area contributed by atoms with Crippen molar-refractivity contribution in [2.24, 2.45) is 0 Å². The third kappa shape index (κ3) is 5.14. The molecule has 3 aromatic rings. The molecule has 0 aliphatic carbocycles. The van der Waals surface area contributed by atoms with Gasteiger partial charge in [-0.3, -0.25) is 9.59 Å². The normalized spacial score (nSPS) is 10.2. The minimum Gasteiger partial charge on any atom is -0.340 e. The second kappa shape index (κ2) is 8.30. The van der Waals surface area contributed by atoms with Gasteiger partial charge >= 0.3 is 0 Å². The molecular formula is C21H21N5O2. The van der Waals surface area contributed by atoms with E-state index in [0.29, 0.717) is 23.0 Å². The van der Waals surface area contributed by atoms with Crippen LogP contribution in [-0.4, -0.2) is 21.8 Å². The molecule has 0 spiro atoms. The Kier molecular flexibility index (Phi) is 5.64. The Labute approximate surface area is 163 Å². The predicted octanol–water partition coefficient (Wildman–Crippen LogP) is 4.05. The largest absolute Gasteiger partial charge is 0.340 e. The molecule has 0 fully saturated rings. The van der Waals surface area contributed by atoms with Crippen LogP contribution >= 0.6 is 0 Å². The highest BCUT2D eigenvalue weighted by Crippen LogP contribution is 2.19. The molecule has 7 nitrogen and oxygen atoms in total. The average Bonchev–Trinajstić information content (AvgIpc) is 2.64. The minimum atomic E-state index is -0.307. The summed E-state index contributed by atoms with van der Waals surface area (Å²) in [5, 5.41) is 8.69. The molecule has 0 saturated carbocycles. The molecule has 0 saturated heterocycles. The van der Waals surface area contributed by atoms with Gasteiger partial charge in [0.05, 0.1) is 0 Å². The number of rotatable bonds is 5. The summed E-state index contributed by atoms with van der Waals surface area (Å²) < 4.78 is 0. The van der Waals surface area contributed by atoms with E-state index in [1.165, 1.54) is 6.92 Å². The van der Waals surface area contributed by atoms with E-state index in [0.717, 1.165) is 11.3 Å². The number of aryl methyl sites for hydroxylation is 2. The fourth-order valence-electron chi connectivity index (χ4n) is 2.57. The quantitative estimate of drug-likeness (QED) is 0.625. The Hall–Kier alpha value is -3.74. The highest BCUT2D eigenvalue weighted by atomic mass is 16.2. The number of carbonyl (C=O) groups is 2. The van der Waals surface area contributed by atoms with Gasteiger partial charge in [0.1, 0.15) is 17.3 Å². The number of aromatic nitrogens is 2. The lowest BCUT2D eigenvalue weighted by Crippen LogP contribution is -2.15. The fourth-order valence-corrected chi connectivity index (χ4v) is 2.57. The van der Waals surface area contributed by atoms with Crippen LogP contribution in [0.2, 0.25) is 0 Å². The Morgan fingerprint density at radius 2 is 1.36 bits per heavy atom. The van der Waals surface area contributed by atoms with Gasteiger partial charge in [-0.2, -0.15) is 0 Å². The summed E-state index contributed by atoms with van der Waals surface area (Å²) in [5.74, 6) is 0.553. The van der Waals surface area contributed by atoms with Crippen LogP contribution in [0, 0.1) is 13.8 Å². The van der Waals surface area contributed by atoms with Crippen LogP contribution in [0.5, 0.6) is 0 Å². The van der Waals surface area contributed by atoms with Crippen LogP contribution in [0.25, 0.3) is 0 Å². The monoisotopic (exact) mass is 375 g/mol. The molecule has 1 heterocycles. The van der Waals surface area contributed by atoms with Crippen molar-refractivity contribution in [3.05, 3.63) is 71.7 Å². The summed E-state index contributed by atoms with van der Waals surface area (Å²) in [6, 6.07) is 16.3. The molecule has 3 rings (SSSR count). The molecule has 2 aromatic carbocycles. The molecular weight excluding hydrogens is 354 g/mol. The molecule has 1 aromatic heterocycles. The van der Waals surface area contributed by atoms with Crippen molar-refractivity contribution in [1.29, 1.82) is 0 Å². The van der Waals surface area contributed by atoms with Gasteiger partial charge in [0.25, 0.3) is 5.91 Å². The van der Waals surface area contributed by atoms with E-state index < -0.39 is 0 Å². The van der Waals surface area contributed by atoms with Crippen LogP contribution in [0.15, 0.2) is 54.6 Å². The molecule has 0 atom stereocenters. The third-order valence-electron chi connectivity index (χ3n) is 3.86. The molecule has 2 amide bonds. The number of carbonyl (C=O) groups excluding carboxylic acids is 2. The maximum atomic E-state index is 12.5. The number of amides is 2. The van der Waals surface area contributed by atoms with Crippen molar-refractivity contribution in [1.82, 2.24) is 9.97 Å². The first kappa shape index (κ1) is 19.0. The van der Waals surface area contributed by atoms with E-state index in [1.807, 2.05) is 43.3 Å². The molecule has 0 unspecified atom stereocenters. The highest BCUT2D eigenvalue weighted by Gasteiger charge is 2.11. The van der Waals surface area contributed by atoms with Gasteiger partial charge in [-0.15, -0.1) is 0 Å². The van der Waals surface area contributed by atoms with Crippen LogP contribution < -0.4 is 16.0 Å². The zero-order chi connectivity index (χ0) is 20.1. The first-order chi connectivity index (χ1) is 13.4. The number of nitrogens with zero attached hydrogens (tertiary/aromatic N) is 2. The van der Waals surface area contributed by atoms with E-state index in [1.54, 1.807) is 25.1 Å². The van der Waals surface area contributed by atoms with Gasteiger partial charge in [-0.1, -0.05) is 17.7 Å². The summed E-state index contributed by atoms with van der Waals surface area (Å²) in [5.41, 5.74) is 3.57. The van der Waals surface area contributed by atoms with Crippen LogP contribution in [0.4, 0.5) is 22.9 Å². The molecule has 28 heavy (non-hydrogen) atoms. The lowest BCUT2D eigenvalue weighted by atomic mass is 10.2. The zero-order valence-corrected chi connectivity index (χ0v) is 15.9. The maximum absolute atomic E-state index is 12.5. The average molecular weight is 375 g/mol. The summed E-state index contributed by atoms with van der Waals surface area (Å²) in [4.78, 5) is 32.2. The lowest BCUT2D eigenvalue weighted by molar-refractivity contribution is -0.114. The van der Waals surface area contributed by atoms with E-state index in [2.05, 4.69) is 25.9 Å². The van der Waals surface area contributed by atoms with Crippen molar-refractivity contribution in [2.45, 2.75) is 20.8 Å². The SMILES string of the molecule is CC(=O)Nc1ccc(Nc2cc(C(=O)Nc3ccc(C)cc3)nc(C)n2)cc1. The standard InChI is InChI=1S/C21H21N5O2/c1-13-4-6-18(7-5-13)26-21(28)19-12-20(23-14(2)22-19)25-17-10-8-16(9-11-17)24-15(3)27/h4-12H,1-3H3,(H,24,27)(H,26,28)(H,22,23,25). The van der Waals surface area contributed by atoms with Crippen molar-refractivity contribution in [3.8, 4) is 0 Å². The summed E-state index contributed by atoms with van der Waals surface area (Å²) in [7, 11) is 0. The van der Waals surface area contributed by atoms with E-state index in [-0.39, 0.29) is 17.5 Å². The molecule has 0 aliphatic heterocycles. The Morgan fingerprint density at radius 1 is 0.786 bits per heavy atom. The van der Waals surface area contributed by atoms with Gasteiger partial charge in [0.2, 0.25) is 5.91 Å². The number of hydrogen-bond donors (Lipinski definition) is 3. The second-order valence-corrected chi connectivity index (χ2v) is 6.39. The van der Waals surface area contributed by atoms with E-state index in [9.17, 15) is 9.59 Å². The van der Waals surface area contributed by atoms with Gasteiger partial charge < -0.3 is 16.0 Å². The van der Waals surface area contributed by atoms with Gasteiger partial charge in [0.15, 0.2) is 0 Å². The second-order valence-electron chi connectivity index (χ2n) is 6.39. The van der Waals surface area contributed by atoms with Crippen LogP contribution in [0.1, 0.15) is 28.8 Å². The molecule has 0 aliphatic rings. The molecule has 7 heteroatoms. The first-order valence-electron chi connectivity index (χ1n) is 8.77. The Morgan fingerprint density at radius 3 is 2.00 bits per heavy atom. The summed E-state index contributed by atoms with van der Waals surface area (Å²) in [6.07, 6.45) is 0. The topological polar surface area (TPSA) is 96.0 Å². The van der Waals surface area contributed by atoms with Crippen LogP contribution in [0.3, 0.4) is 0 Å². The maximum Gasteiger partial charge on any atom is 0.274 e. The van der Waals surface area contributed by atoms with Crippen molar-refractivity contribution in [2.75, 3.05) is 16.0 Å². The van der Waals surface area contributed by atoms with E-state index >= 15 is 0 Å². The third-order valence-corrected chi connectivity index (χ3v) is 3.86. The number of nitrogens with one attached hydrogen (secondary N) is 3. The predicted molar refractivity (Wildman–Crippen MR) is 110 cm³/mol. The molecule has 0 bridgehead atoms.